The molecule has 37 heavy (non-hydrogen) atoms. The summed E-state index contributed by atoms with van der Waals surface area (Å²) in [5.74, 6) is -5.87. The molecule has 14 nitrogen and oxygen atoms in total. The second kappa shape index (κ2) is 13.6. The van der Waals surface area contributed by atoms with E-state index in [1.165, 1.54) is 0 Å². The molecule has 0 aliphatic rings. The number of aromatic amines is 1. The summed E-state index contributed by atoms with van der Waals surface area (Å²) in [5, 5.41) is 26.3. The second-order valence-corrected chi connectivity index (χ2v) is 8.29. The van der Waals surface area contributed by atoms with Gasteiger partial charge in [-0.15, -0.1) is 0 Å². The molecule has 3 unspecified atom stereocenters. The Balaban J connectivity index is 2.24. The van der Waals surface area contributed by atoms with Gasteiger partial charge in [0.05, 0.1) is 6.54 Å². The topological polar surface area (TPSA) is 247 Å². The van der Waals surface area contributed by atoms with E-state index < -0.39 is 66.7 Å². The third kappa shape index (κ3) is 8.92. The number of rotatable bonds is 15. The molecule has 10 N–H and O–H groups in total. The van der Waals surface area contributed by atoms with Gasteiger partial charge in [-0.25, -0.2) is 4.79 Å². The number of amides is 4. The number of hydrogen-bond acceptors (Lipinski definition) is 7. The number of nitrogens with one attached hydrogen (secondary N) is 4. The van der Waals surface area contributed by atoms with Crippen LogP contribution in [-0.2, 0) is 35.2 Å². The third-order valence-electron chi connectivity index (χ3n) is 5.51. The first-order chi connectivity index (χ1) is 17.5. The van der Waals surface area contributed by atoms with E-state index in [4.69, 9.17) is 16.6 Å². The van der Waals surface area contributed by atoms with Crippen LogP contribution in [-0.4, -0.2) is 75.4 Å². The fraction of sp³-hybridized carbons (Fsp3) is 0.391. The van der Waals surface area contributed by atoms with Gasteiger partial charge in [0.25, 0.3) is 0 Å². The third-order valence-corrected chi connectivity index (χ3v) is 5.51. The Bertz CT molecular complexity index is 1160. The monoisotopic (exact) mass is 518 g/mol. The first-order valence-electron chi connectivity index (χ1n) is 11.4. The molecule has 1 aromatic heterocycles. The molecule has 0 saturated carbocycles. The Morgan fingerprint density at radius 2 is 1.49 bits per heavy atom. The number of carbonyl (C=O) groups excluding carboxylic acids is 4. The minimum atomic E-state index is -1.50. The molecule has 0 spiro atoms. The van der Waals surface area contributed by atoms with Gasteiger partial charge in [0.15, 0.2) is 0 Å². The van der Waals surface area contributed by atoms with Crippen molar-refractivity contribution in [1.29, 1.82) is 0 Å². The Morgan fingerprint density at radius 3 is 2.11 bits per heavy atom. The molecular formula is C23H30N6O8. The van der Waals surface area contributed by atoms with Crippen molar-refractivity contribution in [2.75, 3.05) is 6.54 Å². The summed E-state index contributed by atoms with van der Waals surface area (Å²) in [6, 6.07) is 3.15. The number of fused-ring (bicyclic) bond motifs is 1. The maximum atomic E-state index is 13.2. The SMILES string of the molecule is NCC(=O)NC(Cc1c[nH]c2ccccc12)C(=O)NC(CCC(=O)O)C(=O)NC(CCC(N)=O)C(=O)O. The fourth-order valence-electron chi connectivity index (χ4n) is 3.61. The highest BCUT2D eigenvalue weighted by atomic mass is 16.4. The number of carbonyl (C=O) groups is 6. The van der Waals surface area contributed by atoms with Crippen LogP contribution in [0.25, 0.3) is 10.9 Å². The number of hydrogen-bond donors (Lipinski definition) is 8. The van der Waals surface area contributed by atoms with Crippen LogP contribution in [0.1, 0.15) is 31.2 Å². The van der Waals surface area contributed by atoms with Crippen LogP contribution in [0.5, 0.6) is 0 Å². The van der Waals surface area contributed by atoms with Crippen LogP contribution in [0.15, 0.2) is 30.5 Å². The van der Waals surface area contributed by atoms with Crippen molar-refractivity contribution in [3.63, 3.8) is 0 Å². The largest absolute Gasteiger partial charge is 0.481 e. The van der Waals surface area contributed by atoms with Crippen LogP contribution in [0.2, 0.25) is 0 Å². The summed E-state index contributed by atoms with van der Waals surface area (Å²) in [6.45, 7) is -0.402. The lowest BCUT2D eigenvalue weighted by Crippen LogP contribution is -2.56. The molecule has 0 fully saturated rings. The van der Waals surface area contributed by atoms with Gasteiger partial charge in [0, 0.05) is 36.4 Å². The average molecular weight is 519 g/mol. The molecular weight excluding hydrogens is 488 g/mol. The molecule has 0 bridgehead atoms. The summed E-state index contributed by atoms with van der Waals surface area (Å²) >= 11 is 0. The molecule has 2 aromatic rings. The van der Waals surface area contributed by atoms with E-state index in [1.807, 2.05) is 18.2 Å². The minimum absolute atomic E-state index is 0.0191. The van der Waals surface area contributed by atoms with Gasteiger partial charge in [-0.2, -0.15) is 0 Å². The van der Waals surface area contributed by atoms with Crippen molar-refractivity contribution >= 4 is 46.5 Å². The molecule has 14 heteroatoms. The zero-order valence-corrected chi connectivity index (χ0v) is 19.9. The first-order valence-corrected chi connectivity index (χ1v) is 11.4. The van der Waals surface area contributed by atoms with Crippen molar-refractivity contribution in [1.82, 2.24) is 20.9 Å². The summed E-state index contributed by atoms with van der Waals surface area (Å²) < 4.78 is 0. The van der Waals surface area contributed by atoms with E-state index in [1.54, 1.807) is 12.3 Å². The summed E-state index contributed by atoms with van der Waals surface area (Å²) in [4.78, 5) is 74.7. The Labute approximate surface area is 211 Å². The van der Waals surface area contributed by atoms with Crippen molar-refractivity contribution < 1.29 is 39.0 Å². The maximum absolute atomic E-state index is 13.2. The van der Waals surface area contributed by atoms with Crippen LogP contribution >= 0.6 is 0 Å². The van der Waals surface area contributed by atoms with Crippen molar-refractivity contribution in [3.05, 3.63) is 36.0 Å². The average Bonchev–Trinajstić information content (AvgIpc) is 3.25. The molecule has 0 aliphatic heterocycles. The molecule has 3 atom stereocenters. The summed E-state index contributed by atoms with van der Waals surface area (Å²) in [6.07, 6.45) is 0.196. The number of H-pyrrole nitrogens is 1. The number of aliphatic carboxylic acids is 2. The van der Waals surface area contributed by atoms with Crippen LogP contribution < -0.4 is 27.4 Å². The molecule has 1 aromatic carbocycles. The number of carboxylic acid groups (broad SMARTS) is 2. The smallest absolute Gasteiger partial charge is 0.326 e. The quantitative estimate of drug-likeness (QED) is 0.134. The van der Waals surface area contributed by atoms with Crippen molar-refractivity contribution in [2.45, 2.75) is 50.2 Å². The van der Waals surface area contributed by atoms with E-state index >= 15 is 0 Å². The first kappa shape index (κ1) is 28.8. The van der Waals surface area contributed by atoms with Crippen LogP contribution in [0, 0.1) is 0 Å². The van der Waals surface area contributed by atoms with Gasteiger partial charge in [-0.05, 0) is 24.5 Å². The zero-order valence-electron chi connectivity index (χ0n) is 19.9. The highest BCUT2D eigenvalue weighted by Crippen LogP contribution is 2.19. The molecule has 1 heterocycles. The summed E-state index contributed by atoms with van der Waals surface area (Å²) in [5.41, 5.74) is 11.9. The highest BCUT2D eigenvalue weighted by molar-refractivity contribution is 5.94. The van der Waals surface area contributed by atoms with Crippen LogP contribution in [0.4, 0.5) is 0 Å². The van der Waals surface area contributed by atoms with Gasteiger partial charge < -0.3 is 42.6 Å². The predicted molar refractivity (Wildman–Crippen MR) is 130 cm³/mol. The van der Waals surface area contributed by atoms with Gasteiger partial charge in [0.1, 0.15) is 18.1 Å². The minimum Gasteiger partial charge on any atom is -0.481 e. The zero-order chi connectivity index (χ0) is 27.5. The van der Waals surface area contributed by atoms with E-state index in [2.05, 4.69) is 20.9 Å². The van der Waals surface area contributed by atoms with Crippen molar-refractivity contribution in [2.24, 2.45) is 11.5 Å². The number of para-hydroxylation sites is 1. The van der Waals surface area contributed by atoms with E-state index in [0.29, 0.717) is 5.56 Å². The van der Waals surface area contributed by atoms with E-state index in [0.717, 1.165) is 10.9 Å². The number of carboxylic acids is 2. The van der Waals surface area contributed by atoms with Gasteiger partial charge >= 0.3 is 11.9 Å². The maximum Gasteiger partial charge on any atom is 0.326 e. The Kier molecular flexibility index (Phi) is 10.6. The Hall–Kier alpha value is -4.46. The lowest BCUT2D eigenvalue weighted by Gasteiger charge is -2.24. The molecule has 200 valence electrons. The van der Waals surface area contributed by atoms with Gasteiger partial charge in [-0.3, -0.25) is 24.0 Å². The van der Waals surface area contributed by atoms with Gasteiger partial charge in [-0.1, -0.05) is 18.2 Å². The lowest BCUT2D eigenvalue weighted by atomic mass is 10.0. The molecule has 4 amide bonds. The number of aromatic nitrogens is 1. The standard InChI is InChI=1S/C23H30N6O8/c24-10-19(31)27-17(9-12-11-26-14-4-2-1-3-13(12)14)22(35)28-15(6-8-20(32)33)21(34)29-16(23(36)37)5-7-18(25)30/h1-4,11,15-17,26H,5-10,24H2,(H2,25,30)(H,27,31)(H,28,35)(H,29,34)(H,32,33)(H,36,37). The normalized spacial score (nSPS) is 13.2. The molecule has 0 aliphatic carbocycles. The van der Waals surface area contributed by atoms with Gasteiger partial charge in [0.2, 0.25) is 23.6 Å². The number of benzene rings is 1. The van der Waals surface area contributed by atoms with E-state index in [9.17, 15) is 33.9 Å². The molecule has 0 radical (unpaired) electrons. The second-order valence-electron chi connectivity index (χ2n) is 8.29. The fourth-order valence-corrected chi connectivity index (χ4v) is 3.61. The molecule has 0 saturated heterocycles. The number of nitrogens with two attached hydrogens (primary N) is 2. The van der Waals surface area contributed by atoms with E-state index in [-0.39, 0.29) is 25.7 Å². The van der Waals surface area contributed by atoms with Crippen LogP contribution in [0.3, 0.4) is 0 Å². The highest BCUT2D eigenvalue weighted by Gasteiger charge is 2.30. The lowest BCUT2D eigenvalue weighted by molar-refractivity contribution is -0.143. The summed E-state index contributed by atoms with van der Waals surface area (Å²) in [7, 11) is 0. The Morgan fingerprint density at radius 1 is 0.865 bits per heavy atom. The predicted octanol–water partition coefficient (Wildman–Crippen LogP) is -1.66. The van der Waals surface area contributed by atoms with Crippen molar-refractivity contribution in [3.8, 4) is 0 Å². The molecule has 2 rings (SSSR count). The number of primary amides is 1.